The van der Waals surface area contributed by atoms with Crippen LogP contribution in [0.2, 0.25) is 10.0 Å². The van der Waals surface area contributed by atoms with E-state index in [0.29, 0.717) is 34.7 Å². The minimum absolute atomic E-state index is 0.0934. The van der Waals surface area contributed by atoms with Gasteiger partial charge in [0.05, 0.1) is 39.8 Å². The quantitative estimate of drug-likeness (QED) is 0.613. The maximum atomic E-state index is 11.2. The van der Waals surface area contributed by atoms with Crippen molar-refractivity contribution in [3.05, 3.63) is 45.2 Å². The average Bonchev–Trinajstić information content (AvgIpc) is 3.00. The molecule has 1 aromatic carbocycles. The highest BCUT2D eigenvalue weighted by Gasteiger charge is 2.37. The molecule has 8 nitrogen and oxygen atoms in total. The monoisotopic (exact) mass is 449 g/mol. The Labute approximate surface area is 183 Å². The van der Waals surface area contributed by atoms with Crippen LogP contribution in [0.4, 0.5) is 10.6 Å². The number of pyridine rings is 1. The number of methoxy groups -OCH3 is 1. The summed E-state index contributed by atoms with van der Waals surface area (Å²) in [6.45, 7) is 4.55. The van der Waals surface area contributed by atoms with Crippen molar-refractivity contribution in [2.24, 2.45) is 0 Å². The molecule has 3 N–H and O–H groups in total. The largest absolute Gasteiger partial charge is 0.496 e. The van der Waals surface area contributed by atoms with Crippen molar-refractivity contribution in [2.75, 3.05) is 25.9 Å². The smallest absolute Gasteiger partial charge is 0.407 e. The number of rotatable bonds is 4. The summed E-state index contributed by atoms with van der Waals surface area (Å²) >= 11 is 13.0. The number of anilines is 1. The summed E-state index contributed by atoms with van der Waals surface area (Å²) in [6, 6.07) is 3.39. The lowest BCUT2D eigenvalue weighted by Crippen LogP contribution is -2.48. The van der Waals surface area contributed by atoms with Crippen LogP contribution in [0.3, 0.4) is 0 Å². The van der Waals surface area contributed by atoms with Crippen LogP contribution in [0, 0.1) is 6.92 Å². The van der Waals surface area contributed by atoms with Gasteiger partial charge in [-0.15, -0.1) is 0 Å². The van der Waals surface area contributed by atoms with Crippen LogP contribution in [-0.2, 0) is 0 Å². The molecule has 3 heterocycles. The Balaban J connectivity index is 1.84. The molecule has 158 valence electrons. The first-order chi connectivity index (χ1) is 14.2. The maximum Gasteiger partial charge on any atom is 0.407 e. The van der Waals surface area contributed by atoms with E-state index in [9.17, 15) is 9.90 Å². The summed E-state index contributed by atoms with van der Waals surface area (Å²) < 4.78 is 7.62. The number of hydrogen-bond donors (Lipinski definition) is 2. The molecule has 0 aliphatic carbocycles. The number of aryl methyl sites for hydroxylation is 1. The zero-order valence-electron chi connectivity index (χ0n) is 16.7. The lowest BCUT2D eigenvalue weighted by molar-refractivity contribution is 0.104. The molecule has 0 bridgehead atoms. The van der Waals surface area contributed by atoms with E-state index < -0.39 is 6.09 Å². The van der Waals surface area contributed by atoms with Crippen molar-refractivity contribution in [1.82, 2.24) is 19.7 Å². The third-order valence-electron chi connectivity index (χ3n) is 5.64. The number of nitrogen functional groups attached to an aromatic ring is 1. The van der Waals surface area contributed by atoms with E-state index in [1.807, 2.05) is 24.6 Å². The van der Waals surface area contributed by atoms with Gasteiger partial charge in [-0.1, -0.05) is 23.2 Å². The van der Waals surface area contributed by atoms with E-state index in [1.54, 1.807) is 19.4 Å². The molecule has 1 amide bonds. The predicted molar refractivity (Wildman–Crippen MR) is 116 cm³/mol. The number of amides is 1. The van der Waals surface area contributed by atoms with Crippen molar-refractivity contribution in [3.63, 3.8) is 0 Å². The second-order valence-electron chi connectivity index (χ2n) is 7.39. The number of fused-ring (bicyclic) bond motifs is 1. The Morgan fingerprint density at radius 2 is 2.10 bits per heavy atom. The molecule has 1 aliphatic heterocycles. The molecular formula is C20H21Cl2N5O3. The molecule has 4 rings (SSSR count). The van der Waals surface area contributed by atoms with E-state index in [4.69, 9.17) is 33.7 Å². The number of likely N-dealkylation sites (tertiary alicyclic amines) is 1. The van der Waals surface area contributed by atoms with Gasteiger partial charge in [-0.05, 0) is 26.0 Å². The molecule has 2 aromatic heterocycles. The number of aromatic nitrogens is 3. The number of nitrogens with zero attached hydrogens (tertiary/aromatic N) is 4. The van der Waals surface area contributed by atoms with Gasteiger partial charge >= 0.3 is 6.09 Å². The highest BCUT2D eigenvalue weighted by atomic mass is 35.5. The molecule has 1 atom stereocenters. The van der Waals surface area contributed by atoms with Crippen LogP contribution >= 0.6 is 23.2 Å². The standard InChI is InChI=1S/C20H21Cl2N5O3/c1-9-15-14(4-5-24-19(15)23)27(25-9)10(2)12-6-13(21)17(22)16(18(12)30-3)11-7-26(8-11)20(28)29/h4-6,10-11H,7-8H2,1-3H3,(H2,23,24)(H,28,29). The zero-order valence-corrected chi connectivity index (χ0v) is 18.2. The molecule has 30 heavy (non-hydrogen) atoms. The average molecular weight is 450 g/mol. The van der Waals surface area contributed by atoms with Gasteiger partial charge in [0.25, 0.3) is 0 Å². The van der Waals surface area contributed by atoms with Crippen LogP contribution < -0.4 is 10.5 Å². The van der Waals surface area contributed by atoms with Crippen LogP contribution in [0.15, 0.2) is 18.3 Å². The first kappa shape index (κ1) is 20.6. The van der Waals surface area contributed by atoms with Crippen LogP contribution in [0.25, 0.3) is 10.9 Å². The van der Waals surface area contributed by atoms with Gasteiger partial charge in [0.1, 0.15) is 11.6 Å². The second kappa shape index (κ2) is 7.52. The Morgan fingerprint density at radius 3 is 2.73 bits per heavy atom. The van der Waals surface area contributed by atoms with Crippen molar-refractivity contribution in [1.29, 1.82) is 0 Å². The third kappa shape index (κ3) is 3.11. The van der Waals surface area contributed by atoms with Gasteiger partial charge in [-0.2, -0.15) is 5.10 Å². The number of carboxylic acid groups (broad SMARTS) is 1. The molecule has 3 aromatic rings. The van der Waals surface area contributed by atoms with E-state index in [0.717, 1.165) is 27.7 Å². The summed E-state index contributed by atoms with van der Waals surface area (Å²) in [7, 11) is 1.57. The van der Waals surface area contributed by atoms with E-state index in [-0.39, 0.29) is 12.0 Å². The first-order valence-corrected chi connectivity index (χ1v) is 10.1. The number of ether oxygens (including phenoxy) is 1. The summed E-state index contributed by atoms with van der Waals surface area (Å²) in [5, 5.41) is 15.4. The number of nitrogens with two attached hydrogens (primary N) is 1. The van der Waals surface area contributed by atoms with E-state index in [2.05, 4.69) is 10.1 Å². The SMILES string of the molecule is COc1c(C(C)n2nc(C)c3c(N)nccc32)cc(Cl)c(Cl)c1C1CN(C(=O)O)C1. The van der Waals surface area contributed by atoms with Crippen LogP contribution in [0.1, 0.15) is 35.7 Å². The molecule has 1 aliphatic rings. The first-order valence-electron chi connectivity index (χ1n) is 9.37. The lowest BCUT2D eigenvalue weighted by atomic mass is 9.88. The van der Waals surface area contributed by atoms with E-state index >= 15 is 0 Å². The Bertz CT molecular complexity index is 1160. The van der Waals surface area contributed by atoms with Crippen molar-refractivity contribution >= 4 is 46.0 Å². The van der Waals surface area contributed by atoms with Gasteiger partial charge in [0.15, 0.2) is 0 Å². The maximum absolute atomic E-state index is 11.2. The van der Waals surface area contributed by atoms with Crippen molar-refractivity contribution in [2.45, 2.75) is 25.8 Å². The van der Waals surface area contributed by atoms with Crippen LogP contribution in [-0.4, -0.2) is 51.1 Å². The summed E-state index contributed by atoms with van der Waals surface area (Å²) in [4.78, 5) is 16.7. The fraction of sp³-hybridized carbons (Fsp3) is 0.350. The number of halogens is 2. The molecule has 1 unspecified atom stereocenters. The van der Waals surface area contributed by atoms with Gasteiger partial charge < -0.3 is 20.5 Å². The van der Waals surface area contributed by atoms with E-state index in [1.165, 1.54) is 4.90 Å². The zero-order chi connectivity index (χ0) is 21.7. The van der Waals surface area contributed by atoms with Crippen LogP contribution in [0.5, 0.6) is 5.75 Å². The molecule has 0 saturated carbocycles. The third-order valence-corrected chi connectivity index (χ3v) is 6.44. The molecular weight excluding hydrogens is 429 g/mol. The van der Waals surface area contributed by atoms with Crippen molar-refractivity contribution in [3.8, 4) is 5.75 Å². The highest BCUT2D eigenvalue weighted by Crippen LogP contribution is 2.46. The normalized spacial score (nSPS) is 15.3. The van der Waals surface area contributed by atoms with Gasteiger partial charge in [-0.25, -0.2) is 9.78 Å². The Morgan fingerprint density at radius 1 is 1.40 bits per heavy atom. The fourth-order valence-corrected chi connectivity index (χ4v) is 4.60. The molecule has 0 radical (unpaired) electrons. The van der Waals surface area contributed by atoms with Gasteiger partial charge in [0, 0.05) is 36.3 Å². The summed E-state index contributed by atoms with van der Waals surface area (Å²) in [5.41, 5.74) is 9.21. The summed E-state index contributed by atoms with van der Waals surface area (Å²) in [5.74, 6) is 0.924. The molecule has 0 spiro atoms. The fourth-order valence-electron chi connectivity index (χ4n) is 4.09. The van der Waals surface area contributed by atoms with Gasteiger partial charge in [-0.3, -0.25) is 4.68 Å². The predicted octanol–water partition coefficient (Wildman–Crippen LogP) is 4.32. The molecule has 1 fully saturated rings. The summed E-state index contributed by atoms with van der Waals surface area (Å²) in [6.07, 6.45) is 0.690. The second-order valence-corrected chi connectivity index (χ2v) is 8.17. The Kier molecular flexibility index (Phi) is 5.15. The number of benzene rings is 1. The van der Waals surface area contributed by atoms with Gasteiger partial charge in [0.2, 0.25) is 0 Å². The minimum Gasteiger partial charge on any atom is -0.496 e. The Hall–Kier alpha value is -2.71. The minimum atomic E-state index is -0.957. The number of hydrogen-bond acceptors (Lipinski definition) is 5. The molecule has 10 heteroatoms. The number of carbonyl (C=O) groups is 1. The lowest BCUT2D eigenvalue weighted by Gasteiger charge is -2.39. The topological polar surface area (TPSA) is 107 Å². The highest BCUT2D eigenvalue weighted by molar-refractivity contribution is 6.42. The molecule has 1 saturated heterocycles. The van der Waals surface area contributed by atoms with Crippen molar-refractivity contribution < 1.29 is 14.6 Å².